The molecule has 44 heavy (non-hydrogen) atoms. The molecule has 0 radical (unpaired) electrons. The molecule has 0 saturated carbocycles. The number of fused-ring (bicyclic) bond motifs is 2. The molecule has 1 aromatic heterocycles. The predicted octanol–water partition coefficient (Wildman–Crippen LogP) is 7.36. The highest BCUT2D eigenvalue weighted by atomic mass is 35.5. The van der Waals surface area contributed by atoms with Gasteiger partial charge in [-0.15, -0.1) is 12.4 Å². The number of aliphatic hydroxyl groups is 1. The Balaban J connectivity index is 0.00000384. The van der Waals surface area contributed by atoms with Gasteiger partial charge >= 0.3 is 0 Å². The number of pyridine rings is 1. The summed E-state index contributed by atoms with van der Waals surface area (Å²) < 4.78 is 6.15. The molecule has 5 aromatic rings. The van der Waals surface area contributed by atoms with E-state index < -0.39 is 6.10 Å². The standard InChI is InChI=1S/C38H40N2O3.ClH/c1-3-28-19-30-21-32(22-31(30)20-29(28)4-2)40(23-26-11-7-5-8-12-26)24-35(41)33-15-17-36(38-34(33)16-18-37(42)39-38)43-25-27-13-9-6-10-14-27;/h5-20,32,35,41H,3-4,21-25H2,1-2H3,(H,39,42);1H/t35-;/m1./s1. The third-order valence-corrected chi connectivity index (χ3v) is 8.83. The number of benzene rings is 4. The lowest BCUT2D eigenvalue weighted by Crippen LogP contribution is -2.38. The zero-order valence-electron chi connectivity index (χ0n) is 25.5. The number of hydrogen-bond donors (Lipinski definition) is 2. The van der Waals surface area contributed by atoms with Crippen LogP contribution in [0.25, 0.3) is 10.9 Å². The van der Waals surface area contributed by atoms with Crippen LogP contribution in [0.15, 0.2) is 102 Å². The molecular formula is C38H41ClN2O3. The van der Waals surface area contributed by atoms with Crippen LogP contribution in [0.2, 0.25) is 0 Å². The summed E-state index contributed by atoms with van der Waals surface area (Å²) in [5.74, 6) is 0.596. The summed E-state index contributed by atoms with van der Waals surface area (Å²) in [6.45, 7) is 6.10. The molecule has 0 amide bonds. The van der Waals surface area contributed by atoms with Crippen molar-refractivity contribution in [3.63, 3.8) is 0 Å². The number of aryl methyl sites for hydroxylation is 2. The van der Waals surface area contributed by atoms with E-state index in [2.05, 4.69) is 60.1 Å². The van der Waals surface area contributed by atoms with Crippen molar-refractivity contribution in [1.82, 2.24) is 9.88 Å². The average molecular weight is 609 g/mol. The summed E-state index contributed by atoms with van der Waals surface area (Å²) in [4.78, 5) is 17.8. The van der Waals surface area contributed by atoms with E-state index in [1.54, 1.807) is 6.07 Å². The van der Waals surface area contributed by atoms with Gasteiger partial charge in [-0.05, 0) is 76.8 Å². The first-order valence-electron chi connectivity index (χ1n) is 15.4. The van der Waals surface area contributed by atoms with E-state index in [0.29, 0.717) is 30.5 Å². The Hall–Kier alpha value is -3.90. The van der Waals surface area contributed by atoms with E-state index in [-0.39, 0.29) is 18.0 Å². The molecular weight excluding hydrogens is 568 g/mol. The SMILES string of the molecule is CCc1cc2c(cc1CC)CC(N(Cc1ccccc1)C[C@@H](O)c1ccc(OCc3ccccc3)c3[nH]c(=O)ccc13)C2.Cl. The van der Waals surface area contributed by atoms with Gasteiger partial charge in [-0.1, -0.05) is 92.7 Å². The molecule has 2 N–H and O–H groups in total. The molecule has 1 aliphatic rings. The molecule has 5 nitrogen and oxygen atoms in total. The fraction of sp³-hybridized carbons (Fsp3) is 0.289. The number of hydrogen-bond acceptors (Lipinski definition) is 4. The van der Waals surface area contributed by atoms with Crippen molar-refractivity contribution < 1.29 is 9.84 Å². The van der Waals surface area contributed by atoms with Crippen molar-refractivity contribution in [2.75, 3.05) is 6.54 Å². The van der Waals surface area contributed by atoms with Gasteiger partial charge in [0.25, 0.3) is 0 Å². The first kappa shape index (κ1) is 31.5. The van der Waals surface area contributed by atoms with Crippen LogP contribution in [-0.2, 0) is 38.8 Å². The Morgan fingerprint density at radius 2 is 1.45 bits per heavy atom. The molecule has 0 aliphatic heterocycles. The Labute approximate surface area is 265 Å². The first-order valence-corrected chi connectivity index (χ1v) is 15.4. The highest BCUT2D eigenvalue weighted by Crippen LogP contribution is 2.34. The van der Waals surface area contributed by atoms with Gasteiger partial charge < -0.3 is 14.8 Å². The van der Waals surface area contributed by atoms with E-state index >= 15 is 0 Å². The highest BCUT2D eigenvalue weighted by molar-refractivity contribution is 5.87. The quantitative estimate of drug-likeness (QED) is 0.164. The van der Waals surface area contributed by atoms with Crippen LogP contribution in [0.3, 0.4) is 0 Å². The van der Waals surface area contributed by atoms with Crippen LogP contribution in [0, 0.1) is 0 Å². The third-order valence-electron chi connectivity index (χ3n) is 8.83. The summed E-state index contributed by atoms with van der Waals surface area (Å²) in [7, 11) is 0. The maximum atomic E-state index is 12.4. The summed E-state index contributed by atoms with van der Waals surface area (Å²) in [5, 5.41) is 12.6. The highest BCUT2D eigenvalue weighted by Gasteiger charge is 2.30. The van der Waals surface area contributed by atoms with Gasteiger partial charge in [0.2, 0.25) is 5.56 Å². The lowest BCUT2D eigenvalue weighted by Gasteiger charge is -2.31. The van der Waals surface area contributed by atoms with Crippen molar-refractivity contribution >= 4 is 23.3 Å². The van der Waals surface area contributed by atoms with Crippen molar-refractivity contribution in [1.29, 1.82) is 0 Å². The fourth-order valence-corrected chi connectivity index (χ4v) is 6.54. The van der Waals surface area contributed by atoms with Crippen LogP contribution in [0.1, 0.15) is 58.9 Å². The van der Waals surface area contributed by atoms with Gasteiger partial charge in [0.15, 0.2) is 0 Å². The number of H-pyrrole nitrogens is 1. The maximum Gasteiger partial charge on any atom is 0.248 e. The van der Waals surface area contributed by atoms with Crippen LogP contribution < -0.4 is 10.3 Å². The zero-order chi connectivity index (χ0) is 29.8. The van der Waals surface area contributed by atoms with Crippen molar-refractivity contribution in [2.45, 2.75) is 64.8 Å². The number of nitrogens with zero attached hydrogens (tertiary/aromatic N) is 1. The minimum absolute atomic E-state index is 0. The molecule has 0 spiro atoms. The minimum atomic E-state index is -0.749. The minimum Gasteiger partial charge on any atom is -0.487 e. The molecule has 6 heteroatoms. The zero-order valence-corrected chi connectivity index (χ0v) is 26.3. The molecule has 1 heterocycles. The van der Waals surface area contributed by atoms with Crippen LogP contribution in [0.4, 0.5) is 0 Å². The molecule has 228 valence electrons. The van der Waals surface area contributed by atoms with Gasteiger partial charge in [0.1, 0.15) is 12.4 Å². The number of aromatic amines is 1. The molecule has 1 aliphatic carbocycles. The Morgan fingerprint density at radius 3 is 2.07 bits per heavy atom. The van der Waals surface area contributed by atoms with E-state index in [1.165, 1.54) is 33.9 Å². The van der Waals surface area contributed by atoms with E-state index in [1.807, 2.05) is 48.5 Å². The molecule has 0 saturated heterocycles. The van der Waals surface area contributed by atoms with Crippen LogP contribution in [0.5, 0.6) is 5.75 Å². The molecule has 0 fully saturated rings. The van der Waals surface area contributed by atoms with Gasteiger partial charge in [0, 0.05) is 30.6 Å². The molecule has 0 unspecified atom stereocenters. The van der Waals surface area contributed by atoms with Crippen molar-refractivity contribution in [3.8, 4) is 5.75 Å². The number of aliphatic hydroxyl groups excluding tert-OH is 1. The molecule has 1 atom stereocenters. The van der Waals surface area contributed by atoms with Crippen molar-refractivity contribution in [3.05, 3.63) is 146 Å². The second-order valence-electron chi connectivity index (χ2n) is 11.6. The smallest absolute Gasteiger partial charge is 0.248 e. The average Bonchev–Trinajstić information content (AvgIpc) is 3.46. The molecule has 6 rings (SSSR count). The lowest BCUT2D eigenvalue weighted by molar-refractivity contribution is 0.0844. The summed E-state index contributed by atoms with van der Waals surface area (Å²) in [6, 6.07) is 32.7. The number of nitrogens with one attached hydrogen (secondary N) is 1. The predicted molar refractivity (Wildman–Crippen MR) is 181 cm³/mol. The molecule has 4 aromatic carbocycles. The Morgan fingerprint density at radius 1 is 0.841 bits per heavy atom. The second kappa shape index (κ2) is 14.3. The first-order chi connectivity index (χ1) is 21.0. The van der Waals surface area contributed by atoms with Crippen molar-refractivity contribution in [2.24, 2.45) is 0 Å². The van der Waals surface area contributed by atoms with E-state index in [0.717, 1.165) is 48.7 Å². The Kier molecular flexibility index (Phi) is 10.2. The van der Waals surface area contributed by atoms with E-state index in [4.69, 9.17) is 4.74 Å². The monoisotopic (exact) mass is 608 g/mol. The Bertz CT molecular complexity index is 1720. The number of ether oxygens (including phenoxy) is 1. The number of halogens is 1. The lowest BCUT2D eigenvalue weighted by atomic mass is 9.97. The topological polar surface area (TPSA) is 65.6 Å². The number of rotatable bonds is 11. The summed E-state index contributed by atoms with van der Waals surface area (Å²) in [6.07, 6.45) is 3.31. The van der Waals surface area contributed by atoms with Crippen LogP contribution in [-0.4, -0.2) is 27.6 Å². The van der Waals surface area contributed by atoms with Crippen LogP contribution >= 0.6 is 12.4 Å². The number of aromatic nitrogens is 1. The largest absolute Gasteiger partial charge is 0.487 e. The van der Waals surface area contributed by atoms with Gasteiger partial charge in [-0.3, -0.25) is 9.69 Å². The van der Waals surface area contributed by atoms with E-state index in [9.17, 15) is 9.90 Å². The molecule has 0 bridgehead atoms. The van der Waals surface area contributed by atoms with Gasteiger partial charge in [0.05, 0.1) is 11.6 Å². The third kappa shape index (κ3) is 6.91. The summed E-state index contributed by atoms with van der Waals surface area (Å²) >= 11 is 0. The van der Waals surface area contributed by atoms with Gasteiger partial charge in [-0.2, -0.15) is 0 Å². The van der Waals surface area contributed by atoms with Gasteiger partial charge in [-0.25, -0.2) is 0 Å². The summed E-state index contributed by atoms with van der Waals surface area (Å²) in [5.41, 5.74) is 9.26. The second-order valence-corrected chi connectivity index (χ2v) is 11.6. The fourth-order valence-electron chi connectivity index (χ4n) is 6.54. The maximum absolute atomic E-state index is 12.4. The normalized spacial score (nSPS) is 13.5.